The third-order valence-electron chi connectivity index (χ3n) is 4.88. The van der Waals surface area contributed by atoms with Gasteiger partial charge in [0, 0.05) is 22.5 Å². The van der Waals surface area contributed by atoms with Crippen LogP contribution >= 0.6 is 11.3 Å². The minimum Gasteiger partial charge on any atom is -0.463 e. The number of aryl methyl sites for hydroxylation is 1. The number of thiazole rings is 1. The van der Waals surface area contributed by atoms with Crippen molar-refractivity contribution in [1.29, 1.82) is 0 Å². The van der Waals surface area contributed by atoms with E-state index >= 15 is 0 Å². The molecule has 0 saturated heterocycles. The van der Waals surface area contributed by atoms with Crippen LogP contribution in [0.5, 0.6) is 0 Å². The molecule has 0 unspecified atom stereocenters. The smallest absolute Gasteiger partial charge is 0.336 e. The Kier molecular flexibility index (Phi) is 7.12. The van der Waals surface area contributed by atoms with Crippen LogP contribution in [0.4, 0.5) is 10.8 Å². The zero-order valence-electron chi connectivity index (χ0n) is 18.4. The van der Waals surface area contributed by atoms with E-state index in [9.17, 15) is 9.59 Å². The Morgan fingerprint density at radius 1 is 1.03 bits per heavy atom. The molecule has 31 heavy (non-hydrogen) atoms. The lowest BCUT2D eigenvalue weighted by molar-refractivity contribution is -0.139. The van der Waals surface area contributed by atoms with Crippen molar-refractivity contribution in [3.05, 3.63) is 63.4 Å². The minimum absolute atomic E-state index is 0.234. The van der Waals surface area contributed by atoms with Gasteiger partial charge in [0.05, 0.1) is 36.0 Å². The first kappa shape index (κ1) is 22.6. The van der Waals surface area contributed by atoms with Gasteiger partial charge in [-0.1, -0.05) is 18.2 Å². The largest absolute Gasteiger partial charge is 0.463 e. The molecule has 0 aliphatic carbocycles. The lowest BCUT2D eigenvalue weighted by Crippen LogP contribution is -2.32. The standard InChI is InChI=1S/C23H27N3O4S/c1-6-29-21(27)18-14(4)25-15(5)19(22(28)30-7-2)20(18)16-10-8-9-11-17(16)26-23-24-13(3)12-31-23/h8-12,20,25H,6-7H2,1-5H3,(H,24,26). The Morgan fingerprint density at radius 3 is 2.13 bits per heavy atom. The first-order valence-corrected chi connectivity index (χ1v) is 11.1. The van der Waals surface area contributed by atoms with E-state index in [1.54, 1.807) is 13.8 Å². The third kappa shape index (κ3) is 4.80. The van der Waals surface area contributed by atoms with Crippen molar-refractivity contribution in [3.63, 3.8) is 0 Å². The number of para-hydroxylation sites is 1. The fraction of sp³-hybridized carbons (Fsp3) is 0.348. The molecule has 0 bridgehead atoms. The molecule has 0 fully saturated rings. The van der Waals surface area contributed by atoms with Crippen LogP contribution in [0.1, 0.15) is 44.9 Å². The molecule has 2 aromatic rings. The van der Waals surface area contributed by atoms with Gasteiger partial charge in [-0.05, 0) is 46.2 Å². The number of rotatable bonds is 7. The molecule has 1 aliphatic rings. The Morgan fingerprint density at radius 2 is 1.61 bits per heavy atom. The number of anilines is 2. The van der Waals surface area contributed by atoms with Gasteiger partial charge in [0.2, 0.25) is 0 Å². The van der Waals surface area contributed by atoms with Crippen molar-refractivity contribution in [2.24, 2.45) is 0 Å². The highest BCUT2D eigenvalue weighted by atomic mass is 32.1. The number of ether oxygens (including phenoxy) is 2. The van der Waals surface area contributed by atoms with Crippen LogP contribution < -0.4 is 10.6 Å². The summed E-state index contributed by atoms with van der Waals surface area (Å²) in [5.74, 6) is -1.58. The number of hydrogen-bond acceptors (Lipinski definition) is 8. The average Bonchev–Trinajstić information content (AvgIpc) is 3.12. The van der Waals surface area contributed by atoms with Crippen molar-refractivity contribution >= 4 is 34.1 Å². The predicted octanol–water partition coefficient (Wildman–Crippen LogP) is 4.56. The fourth-order valence-electron chi connectivity index (χ4n) is 3.65. The summed E-state index contributed by atoms with van der Waals surface area (Å²) in [5, 5.41) is 9.19. The minimum atomic E-state index is -0.649. The highest BCUT2D eigenvalue weighted by Gasteiger charge is 2.39. The maximum Gasteiger partial charge on any atom is 0.336 e. The van der Waals surface area contributed by atoms with Crippen molar-refractivity contribution in [1.82, 2.24) is 10.3 Å². The number of nitrogens with zero attached hydrogens (tertiary/aromatic N) is 1. The summed E-state index contributed by atoms with van der Waals surface area (Å²) in [6.07, 6.45) is 0. The molecular weight excluding hydrogens is 414 g/mol. The average molecular weight is 442 g/mol. The molecule has 0 saturated carbocycles. The maximum atomic E-state index is 13.0. The van der Waals surface area contributed by atoms with Crippen LogP contribution in [-0.4, -0.2) is 30.1 Å². The van der Waals surface area contributed by atoms with E-state index in [2.05, 4.69) is 15.6 Å². The molecule has 2 heterocycles. The molecule has 2 N–H and O–H groups in total. The van der Waals surface area contributed by atoms with Gasteiger partial charge in [-0.2, -0.15) is 0 Å². The molecular formula is C23H27N3O4S. The van der Waals surface area contributed by atoms with Crippen LogP contribution in [0.3, 0.4) is 0 Å². The Hall–Kier alpha value is -3.13. The summed E-state index contributed by atoms with van der Waals surface area (Å²) >= 11 is 1.49. The summed E-state index contributed by atoms with van der Waals surface area (Å²) < 4.78 is 10.7. The molecule has 8 heteroatoms. The first-order chi connectivity index (χ1) is 14.9. The van der Waals surface area contributed by atoms with Crippen LogP contribution in [0.15, 0.2) is 52.2 Å². The molecule has 1 aromatic heterocycles. The Labute approximate surface area is 186 Å². The Bertz CT molecular complexity index is 1010. The SMILES string of the molecule is CCOC(=O)C1=C(C)NC(C)=C(C(=O)OCC)C1c1ccccc1Nc1nc(C)cs1. The molecule has 0 radical (unpaired) electrons. The van der Waals surface area contributed by atoms with Crippen molar-refractivity contribution in [2.75, 3.05) is 18.5 Å². The third-order valence-corrected chi connectivity index (χ3v) is 5.76. The molecule has 7 nitrogen and oxygen atoms in total. The number of allylic oxidation sites excluding steroid dienone is 2. The number of hydrogen-bond donors (Lipinski definition) is 2. The summed E-state index contributed by atoms with van der Waals surface area (Å²) in [6, 6.07) is 7.59. The number of carbonyl (C=O) groups excluding carboxylic acids is 2. The van der Waals surface area contributed by atoms with E-state index < -0.39 is 17.9 Å². The van der Waals surface area contributed by atoms with E-state index in [0.29, 0.717) is 22.5 Å². The van der Waals surface area contributed by atoms with Crippen LogP contribution in [-0.2, 0) is 19.1 Å². The second-order valence-corrected chi connectivity index (χ2v) is 7.94. The number of dihydropyridines is 1. The van der Waals surface area contributed by atoms with Gasteiger partial charge in [0.15, 0.2) is 5.13 Å². The number of aromatic nitrogens is 1. The van der Waals surface area contributed by atoms with Gasteiger partial charge in [-0.15, -0.1) is 11.3 Å². The van der Waals surface area contributed by atoms with Crippen molar-refractivity contribution < 1.29 is 19.1 Å². The van der Waals surface area contributed by atoms with Gasteiger partial charge >= 0.3 is 11.9 Å². The molecule has 0 spiro atoms. The number of carbonyl (C=O) groups is 2. The molecule has 0 atom stereocenters. The van der Waals surface area contributed by atoms with Crippen molar-refractivity contribution in [2.45, 2.75) is 40.5 Å². The lowest BCUT2D eigenvalue weighted by atomic mass is 9.79. The van der Waals surface area contributed by atoms with E-state index in [-0.39, 0.29) is 13.2 Å². The number of benzene rings is 1. The Balaban J connectivity index is 2.17. The zero-order chi connectivity index (χ0) is 22.5. The van der Waals surface area contributed by atoms with Crippen molar-refractivity contribution in [3.8, 4) is 0 Å². The van der Waals surface area contributed by atoms with Gasteiger partial charge in [0.1, 0.15) is 0 Å². The topological polar surface area (TPSA) is 89.5 Å². The van der Waals surface area contributed by atoms with E-state index in [1.807, 2.05) is 50.4 Å². The monoisotopic (exact) mass is 441 g/mol. The number of nitrogens with one attached hydrogen (secondary N) is 2. The summed E-state index contributed by atoms with van der Waals surface area (Å²) in [5.41, 5.74) is 4.51. The lowest BCUT2D eigenvalue weighted by Gasteiger charge is -2.31. The number of esters is 2. The van der Waals surface area contributed by atoms with Gasteiger partial charge in [0.25, 0.3) is 0 Å². The molecule has 1 aliphatic heterocycles. The highest BCUT2D eigenvalue weighted by Crippen LogP contribution is 2.42. The zero-order valence-corrected chi connectivity index (χ0v) is 19.2. The normalized spacial score (nSPS) is 14.4. The van der Waals surface area contributed by atoms with Gasteiger partial charge in [-0.3, -0.25) is 0 Å². The molecule has 0 amide bonds. The molecule has 3 rings (SSSR count). The van der Waals surface area contributed by atoms with Crippen LogP contribution in [0.2, 0.25) is 0 Å². The maximum absolute atomic E-state index is 13.0. The second kappa shape index (κ2) is 9.78. The van der Waals surface area contributed by atoms with E-state index in [0.717, 1.165) is 22.1 Å². The fourth-order valence-corrected chi connectivity index (χ4v) is 4.35. The summed E-state index contributed by atoms with van der Waals surface area (Å²) in [4.78, 5) is 30.4. The summed E-state index contributed by atoms with van der Waals surface area (Å²) in [6.45, 7) is 9.53. The highest BCUT2D eigenvalue weighted by molar-refractivity contribution is 7.13. The predicted molar refractivity (Wildman–Crippen MR) is 121 cm³/mol. The first-order valence-electron chi connectivity index (χ1n) is 10.2. The van der Waals surface area contributed by atoms with Crippen LogP contribution in [0, 0.1) is 6.92 Å². The second-order valence-electron chi connectivity index (χ2n) is 7.08. The van der Waals surface area contributed by atoms with E-state index in [1.165, 1.54) is 11.3 Å². The van der Waals surface area contributed by atoms with Gasteiger partial charge in [-0.25, -0.2) is 14.6 Å². The van der Waals surface area contributed by atoms with Gasteiger partial charge < -0.3 is 20.1 Å². The van der Waals surface area contributed by atoms with E-state index in [4.69, 9.17) is 9.47 Å². The summed E-state index contributed by atoms with van der Waals surface area (Å²) in [7, 11) is 0. The quantitative estimate of drug-likeness (QED) is 0.609. The van der Waals surface area contributed by atoms with Crippen LogP contribution in [0.25, 0.3) is 0 Å². The molecule has 164 valence electrons. The molecule has 1 aromatic carbocycles.